The lowest BCUT2D eigenvalue weighted by molar-refractivity contribution is 1.10. The van der Waals surface area contributed by atoms with E-state index in [0.717, 1.165) is 35.1 Å². The van der Waals surface area contributed by atoms with Crippen molar-refractivity contribution in [2.45, 2.75) is 20.3 Å². The van der Waals surface area contributed by atoms with Gasteiger partial charge in [-0.05, 0) is 31.6 Å². The number of allylic oxidation sites excluding steroid dienone is 2. The van der Waals surface area contributed by atoms with Crippen LogP contribution in [0.15, 0.2) is 53.2 Å². The summed E-state index contributed by atoms with van der Waals surface area (Å²) in [6, 6.07) is 8.17. The number of nitrogens with one attached hydrogen (secondary N) is 2. The van der Waals surface area contributed by atoms with Crippen molar-refractivity contribution in [1.29, 1.82) is 0 Å². The summed E-state index contributed by atoms with van der Waals surface area (Å²) in [7, 11) is 1.93. The lowest BCUT2D eigenvalue weighted by Gasteiger charge is -2.11. The van der Waals surface area contributed by atoms with Crippen LogP contribution in [0.5, 0.6) is 0 Å². The highest BCUT2D eigenvalue weighted by Gasteiger charge is 1.98. The minimum absolute atomic E-state index is 0.824. The number of para-hydroxylation sites is 2. The largest absolute Gasteiger partial charge is 0.386 e. The quantitative estimate of drug-likeness (QED) is 0.392. The Morgan fingerprint density at radius 2 is 2.05 bits per heavy atom. The maximum Gasteiger partial charge on any atom is 0.0615 e. The molecule has 0 radical (unpaired) electrons. The van der Waals surface area contributed by atoms with Gasteiger partial charge < -0.3 is 10.6 Å². The molecule has 1 aromatic carbocycles. The molecule has 2 N–H and O–H groups in total. The Hall–Kier alpha value is -1.68. The molecule has 114 valence electrons. The SMILES string of the molecule is C=C(CSCNc1ccccc1NC)N=C/C=C(/C)CC. The molecule has 0 spiro atoms. The van der Waals surface area contributed by atoms with Gasteiger partial charge in [0.15, 0.2) is 0 Å². The van der Waals surface area contributed by atoms with E-state index in [0.29, 0.717) is 0 Å². The van der Waals surface area contributed by atoms with Crippen molar-refractivity contribution in [1.82, 2.24) is 0 Å². The van der Waals surface area contributed by atoms with Gasteiger partial charge in [-0.1, -0.05) is 31.2 Å². The molecule has 0 saturated heterocycles. The fourth-order valence-corrected chi connectivity index (χ4v) is 2.25. The summed E-state index contributed by atoms with van der Waals surface area (Å²) in [5.41, 5.74) is 4.44. The molecule has 0 fully saturated rings. The molecule has 0 bridgehead atoms. The number of thioether (sulfide) groups is 1. The summed E-state index contributed by atoms with van der Waals surface area (Å²) >= 11 is 1.77. The monoisotopic (exact) mass is 303 g/mol. The van der Waals surface area contributed by atoms with Crippen molar-refractivity contribution < 1.29 is 0 Å². The third-order valence-corrected chi connectivity index (χ3v) is 3.89. The number of hydrogen-bond acceptors (Lipinski definition) is 4. The molecule has 0 aliphatic rings. The predicted molar refractivity (Wildman–Crippen MR) is 98.6 cm³/mol. The Balaban J connectivity index is 2.29. The first-order valence-electron chi connectivity index (χ1n) is 7.13. The summed E-state index contributed by atoms with van der Waals surface area (Å²) in [5, 5.41) is 6.57. The van der Waals surface area contributed by atoms with Gasteiger partial charge >= 0.3 is 0 Å². The van der Waals surface area contributed by atoms with Crippen LogP contribution in [-0.4, -0.2) is 24.9 Å². The van der Waals surface area contributed by atoms with Gasteiger partial charge in [0.25, 0.3) is 0 Å². The van der Waals surface area contributed by atoms with Crippen molar-refractivity contribution in [3.05, 3.63) is 48.2 Å². The summed E-state index contributed by atoms with van der Waals surface area (Å²) in [4.78, 5) is 4.33. The highest BCUT2D eigenvalue weighted by molar-refractivity contribution is 7.99. The Bertz CT molecular complexity index is 507. The predicted octanol–water partition coefficient (Wildman–Crippen LogP) is 4.77. The van der Waals surface area contributed by atoms with Gasteiger partial charge in [-0.25, -0.2) is 0 Å². The highest BCUT2D eigenvalue weighted by Crippen LogP contribution is 2.21. The van der Waals surface area contributed by atoms with E-state index in [4.69, 9.17) is 0 Å². The molecule has 1 rings (SSSR count). The molecule has 0 aromatic heterocycles. The van der Waals surface area contributed by atoms with Crippen molar-refractivity contribution in [2.75, 3.05) is 29.3 Å². The van der Waals surface area contributed by atoms with E-state index in [2.05, 4.69) is 48.2 Å². The third kappa shape index (κ3) is 7.04. The zero-order valence-corrected chi connectivity index (χ0v) is 14.0. The minimum Gasteiger partial charge on any atom is -0.386 e. The maximum absolute atomic E-state index is 4.33. The van der Waals surface area contributed by atoms with Crippen LogP contribution in [-0.2, 0) is 0 Å². The lowest BCUT2D eigenvalue weighted by Crippen LogP contribution is -2.02. The number of benzene rings is 1. The van der Waals surface area contributed by atoms with Gasteiger partial charge in [0.1, 0.15) is 0 Å². The number of rotatable bonds is 9. The molecule has 0 aliphatic carbocycles. The number of anilines is 2. The van der Waals surface area contributed by atoms with Gasteiger partial charge in [-0.15, -0.1) is 11.8 Å². The van der Waals surface area contributed by atoms with E-state index in [1.165, 1.54) is 5.57 Å². The molecule has 3 nitrogen and oxygen atoms in total. The second-order valence-electron chi connectivity index (χ2n) is 4.68. The molecular formula is C17H25N3S. The van der Waals surface area contributed by atoms with E-state index < -0.39 is 0 Å². The van der Waals surface area contributed by atoms with Crippen LogP contribution in [0.25, 0.3) is 0 Å². The number of hydrogen-bond donors (Lipinski definition) is 2. The molecular weight excluding hydrogens is 278 g/mol. The lowest BCUT2D eigenvalue weighted by atomic mass is 10.2. The first kappa shape index (κ1) is 17.4. The summed E-state index contributed by atoms with van der Waals surface area (Å²) in [6.45, 7) is 8.21. The van der Waals surface area contributed by atoms with Gasteiger partial charge in [0.05, 0.1) is 17.3 Å². The Morgan fingerprint density at radius 3 is 2.71 bits per heavy atom. The molecule has 0 heterocycles. The van der Waals surface area contributed by atoms with Crippen LogP contribution in [0.4, 0.5) is 11.4 Å². The van der Waals surface area contributed by atoms with Crippen LogP contribution < -0.4 is 10.6 Å². The first-order valence-corrected chi connectivity index (χ1v) is 8.28. The normalized spacial score (nSPS) is 11.7. The van der Waals surface area contributed by atoms with Crippen molar-refractivity contribution >= 4 is 29.4 Å². The Labute approximate surface area is 132 Å². The van der Waals surface area contributed by atoms with Crippen LogP contribution in [0.1, 0.15) is 20.3 Å². The van der Waals surface area contributed by atoms with Crippen LogP contribution in [0.2, 0.25) is 0 Å². The van der Waals surface area contributed by atoms with E-state index in [1.54, 1.807) is 11.8 Å². The van der Waals surface area contributed by atoms with E-state index >= 15 is 0 Å². The van der Waals surface area contributed by atoms with Crippen LogP contribution >= 0.6 is 11.8 Å². The zero-order chi connectivity index (χ0) is 15.5. The minimum atomic E-state index is 0.824. The molecule has 0 amide bonds. The molecule has 0 unspecified atom stereocenters. The average Bonchev–Trinajstić information content (AvgIpc) is 2.51. The first-order chi connectivity index (χ1) is 10.2. The van der Waals surface area contributed by atoms with E-state index in [-0.39, 0.29) is 0 Å². The molecule has 1 aromatic rings. The van der Waals surface area contributed by atoms with Crippen molar-refractivity contribution in [3.63, 3.8) is 0 Å². The van der Waals surface area contributed by atoms with Gasteiger partial charge in [0, 0.05) is 24.7 Å². The number of nitrogens with zero attached hydrogens (tertiary/aromatic N) is 1. The Kier molecular flexibility index (Phi) is 8.36. The van der Waals surface area contributed by atoms with Gasteiger partial charge in [-0.2, -0.15) is 0 Å². The summed E-state index contributed by atoms with van der Waals surface area (Å²) in [6.07, 6.45) is 4.94. The van der Waals surface area contributed by atoms with E-state index in [1.807, 2.05) is 31.5 Å². The van der Waals surface area contributed by atoms with Crippen molar-refractivity contribution in [3.8, 4) is 0 Å². The second-order valence-corrected chi connectivity index (χ2v) is 5.66. The fourth-order valence-electron chi connectivity index (χ4n) is 1.58. The highest BCUT2D eigenvalue weighted by atomic mass is 32.2. The topological polar surface area (TPSA) is 36.4 Å². The fraction of sp³-hybridized carbons (Fsp3) is 0.353. The number of aliphatic imine (C=N–C) groups is 1. The molecule has 0 saturated carbocycles. The average molecular weight is 303 g/mol. The second kappa shape index (κ2) is 10.1. The Morgan fingerprint density at radius 1 is 1.33 bits per heavy atom. The van der Waals surface area contributed by atoms with Gasteiger partial charge in [0.2, 0.25) is 0 Å². The molecule has 0 aliphatic heterocycles. The van der Waals surface area contributed by atoms with Crippen molar-refractivity contribution in [2.24, 2.45) is 4.99 Å². The third-order valence-electron chi connectivity index (χ3n) is 3.00. The smallest absolute Gasteiger partial charge is 0.0615 e. The van der Waals surface area contributed by atoms with E-state index in [9.17, 15) is 0 Å². The summed E-state index contributed by atoms with van der Waals surface area (Å²) < 4.78 is 0. The molecule has 4 heteroatoms. The summed E-state index contributed by atoms with van der Waals surface area (Å²) in [5.74, 6) is 1.65. The maximum atomic E-state index is 4.33. The molecule has 0 atom stereocenters. The van der Waals surface area contributed by atoms with Crippen LogP contribution in [0.3, 0.4) is 0 Å². The molecule has 21 heavy (non-hydrogen) atoms. The standard InChI is InChI=1S/C17H25N3S/c1-5-14(2)10-11-19-15(3)12-21-13-20-17-9-7-6-8-16(17)18-4/h6-11,18,20H,3,5,12-13H2,1-2,4H3/b14-10-,19-11?. The van der Waals surface area contributed by atoms with Gasteiger partial charge in [-0.3, -0.25) is 4.99 Å². The van der Waals surface area contributed by atoms with Crippen LogP contribution in [0, 0.1) is 0 Å². The zero-order valence-electron chi connectivity index (χ0n) is 13.1.